The van der Waals surface area contributed by atoms with E-state index in [9.17, 15) is 19.7 Å². The van der Waals surface area contributed by atoms with Crippen molar-refractivity contribution in [3.63, 3.8) is 0 Å². The van der Waals surface area contributed by atoms with E-state index in [0.29, 0.717) is 23.5 Å². The molecule has 0 atom stereocenters. The fraction of sp³-hybridized carbons (Fsp3) is 0.192. The number of amides is 1. The largest absolute Gasteiger partial charge is 0.494 e. The van der Waals surface area contributed by atoms with Crippen molar-refractivity contribution in [1.29, 1.82) is 0 Å². The first-order valence-electron chi connectivity index (χ1n) is 11.2. The van der Waals surface area contributed by atoms with Crippen molar-refractivity contribution in [3.05, 3.63) is 88.0 Å². The van der Waals surface area contributed by atoms with Gasteiger partial charge in [0.1, 0.15) is 5.75 Å². The summed E-state index contributed by atoms with van der Waals surface area (Å²) in [7, 11) is 1.43. The average Bonchev–Trinajstić information content (AvgIpc) is 2.91. The normalized spacial score (nSPS) is 10.5. The van der Waals surface area contributed by atoms with Crippen LogP contribution in [0.3, 0.4) is 0 Å². The lowest BCUT2D eigenvalue weighted by atomic mass is 10.2. The molecule has 0 bridgehead atoms. The van der Waals surface area contributed by atoms with Crippen LogP contribution in [0, 0.1) is 10.1 Å². The van der Waals surface area contributed by atoms with E-state index in [0.717, 1.165) is 6.42 Å². The summed E-state index contributed by atoms with van der Waals surface area (Å²) in [6.07, 6.45) is 2.23. The molecule has 0 aliphatic carbocycles. The van der Waals surface area contributed by atoms with Crippen LogP contribution in [0.2, 0.25) is 0 Å². The molecule has 192 valence electrons. The van der Waals surface area contributed by atoms with Gasteiger partial charge in [0, 0.05) is 6.07 Å². The molecule has 0 spiro atoms. The highest BCUT2D eigenvalue weighted by molar-refractivity contribution is 5.92. The van der Waals surface area contributed by atoms with Crippen LogP contribution in [0.5, 0.6) is 23.0 Å². The Bertz CT molecular complexity index is 1280. The Hall–Kier alpha value is -4.93. The first kappa shape index (κ1) is 26.7. The van der Waals surface area contributed by atoms with Gasteiger partial charge in [0.15, 0.2) is 23.9 Å². The zero-order chi connectivity index (χ0) is 26.6. The molecule has 0 heterocycles. The first-order chi connectivity index (χ1) is 17.9. The van der Waals surface area contributed by atoms with Crippen molar-refractivity contribution in [2.75, 3.05) is 20.3 Å². The van der Waals surface area contributed by atoms with Gasteiger partial charge in [-0.25, -0.2) is 10.2 Å². The fourth-order valence-corrected chi connectivity index (χ4v) is 3.00. The number of hydrazone groups is 1. The molecule has 3 rings (SSSR count). The molecule has 3 aromatic rings. The van der Waals surface area contributed by atoms with Crippen LogP contribution < -0.4 is 24.4 Å². The van der Waals surface area contributed by atoms with Gasteiger partial charge in [0.05, 0.1) is 30.4 Å². The monoisotopic (exact) mass is 507 g/mol. The second-order valence-corrected chi connectivity index (χ2v) is 7.48. The first-order valence-corrected chi connectivity index (χ1v) is 11.2. The zero-order valence-corrected chi connectivity index (χ0v) is 20.2. The molecule has 1 amide bonds. The minimum Gasteiger partial charge on any atom is -0.494 e. The molecule has 11 heteroatoms. The lowest BCUT2D eigenvalue weighted by Crippen LogP contribution is -2.24. The van der Waals surface area contributed by atoms with Crippen LogP contribution in [0.25, 0.3) is 0 Å². The summed E-state index contributed by atoms with van der Waals surface area (Å²) in [5.41, 5.74) is 2.93. The predicted octanol–water partition coefficient (Wildman–Crippen LogP) is 4.14. The minimum absolute atomic E-state index is 0.0257. The number of ether oxygens (including phenoxy) is 4. The number of nitro groups is 1. The third-order valence-electron chi connectivity index (χ3n) is 4.78. The number of nitro benzene ring substituents is 1. The van der Waals surface area contributed by atoms with Crippen molar-refractivity contribution < 1.29 is 33.5 Å². The molecule has 37 heavy (non-hydrogen) atoms. The summed E-state index contributed by atoms with van der Waals surface area (Å²) in [6.45, 7) is 2.13. The van der Waals surface area contributed by atoms with Crippen LogP contribution in [0.15, 0.2) is 71.8 Å². The molecular formula is C26H25N3O8. The Labute approximate surface area is 212 Å². The van der Waals surface area contributed by atoms with E-state index >= 15 is 0 Å². The van der Waals surface area contributed by atoms with Crippen molar-refractivity contribution >= 4 is 23.8 Å². The van der Waals surface area contributed by atoms with Crippen LogP contribution in [0.1, 0.15) is 29.3 Å². The molecule has 11 nitrogen and oxygen atoms in total. The van der Waals surface area contributed by atoms with Crippen LogP contribution >= 0.6 is 0 Å². The molecular weight excluding hydrogens is 482 g/mol. The smallest absolute Gasteiger partial charge is 0.343 e. The lowest BCUT2D eigenvalue weighted by molar-refractivity contribution is -0.385. The van der Waals surface area contributed by atoms with Gasteiger partial charge in [-0.1, -0.05) is 19.1 Å². The third kappa shape index (κ3) is 7.79. The quantitative estimate of drug-likeness (QED) is 0.127. The van der Waals surface area contributed by atoms with Gasteiger partial charge in [-0.3, -0.25) is 14.9 Å². The molecule has 3 aromatic carbocycles. The maximum absolute atomic E-state index is 12.5. The summed E-state index contributed by atoms with van der Waals surface area (Å²) >= 11 is 0. The van der Waals surface area contributed by atoms with Gasteiger partial charge in [0.25, 0.3) is 5.91 Å². The number of para-hydroxylation sites is 2. The standard InChI is InChI=1S/C26H25N3O8/c1-3-14-35-20-11-9-19(10-12-20)26(31)37-23-13-8-18(15-24(23)34-2)16-27-28-25(30)17-36-22-7-5-4-6-21(22)29(32)33/h4-13,15-16H,3,14,17H2,1-2H3,(H,28,30)/b27-16-. The highest BCUT2D eigenvalue weighted by atomic mass is 16.6. The second kappa shape index (κ2) is 13.2. The average molecular weight is 507 g/mol. The van der Waals surface area contributed by atoms with Crippen LogP contribution in [0.4, 0.5) is 5.69 Å². The second-order valence-electron chi connectivity index (χ2n) is 7.48. The number of benzene rings is 3. The van der Waals surface area contributed by atoms with Gasteiger partial charge in [0.2, 0.25) is 0 Å². The molecule has 0 saturated carbocycles. The number of esters is 1. The molecule has 0 aliphatic rings. The summed E-state index contributed by atoms with van der Waals surface area (Å²) in [6, 6.07) is 17.1. The minimum atomic E-state index is -0.613. The van der Waals surface area contributed by atoms with Gasteiger partial charge in [-0.15, -0.1) is 0 Å². The SMILES string of the molecule is CCCOc1ccc(C(=O)Oc2ccc(/C=N\NC(=O)COc3ccccc3[N+](=O)[O-])cc2OC)cc1. The predicted molar refractivity (Wildman–Crippen MR) is 135 cm³/mol. The maximum atomic E-state index is 12.5. The zero-order valence-electron chi connectivity index (χ0n) is 20.2. The number of hydrogen-bond donors (Lipinski definition) is 1. The molecule has 0 fully saturated rings. The number of rotatable bonds is 12. The van der Waals surface area contributed by atoms with Crippen molar-refractivity contribution in [2.45, 2.75) is 13.3 Å². The lowest BCUT2D eigenvalue weighted by Gasteiger charge is -2.10. The molecule has 0 radical (unpaired) electrons. The van der Waals surface area contributed by atoms with E-state index in [2.05, 4.69) is 10.5 Å². The van der Waals surface area contributed by atoms with Crippen molar-refractivity contribution in [1.82, 2.24) is 5.43 Å². The van der Waals surface area contributed by atoms with E-state index in [4.69, 9.17) is 18.9 Å². The molecule has 0 saturated heterocycles. The Kier molecular flexibility index (Phi) is 9.54. The third-order valence-corrected chi connectivity index (χ3v) is 4.78. The van der Waals surface area contributed by atoms with E-state index in [1.807, 2.05) is 6.92 Å². The number of carbonyl (C=O) groups excluding carboxylic acids is 2. The highest BCUT2D eigenvalue weighted by Gasteiger charge is 2.15. The van der Waals surface area contributed by atoms with Crippen LogP contribution in [-0.2, 0) is 4.79 Å². The molecule has 0 aromatic heterocycles. The summed E-state index contributed by atoms with van der Waals surface area (Å²) in [5, 5.41) is 14.8. The van der Waals surface area contributed by atoms with E-state index in [1.165, 1.54) is 37.6 Å². The Morgan fingerprint density at radius 1 is 1.00 bits per heavy atom. The molecule has 1 N–H and O–H groups in total. The topological polar surface area (TPSA) is 139 Å². The molecule has 0 aliphatic heterocycles. The maximum Gasteiger partial charge on any atom is 0.343 e. The molecule has 0 unspecified atom stereocenters. The van der Waals surface area contributed by atoms with E-state index in [-0.39, 0.29) is 22.9 Å². The van der Waals surface area contributed by atoms with Gasteiger partial charge < -0.3 is 18.9 Å². The Morgan fingerprint density at radius 2 is 1.76 bits per heavy atom. The van der Waals surface area contributed by atoms with Gasteiger partial charge in [-0.05, 0) is 60.5 Å². The summed E-state index contributed by atoms with van der Waals surface area (Å²) < 4.78 is 21.5. The number of nitrogens with zero attached hydrogens (tertiary/aromatic N) is 2. The van der Waals surface area contributed by atoms with E-state index < -0.39 is 23.4 Å². The summed E-state index contributed by atoms with van der Waals surface area (Å²) in [4.78, 5) is 34.9. The fourth-order valence-electron chi connectivity index (χ4n) is 3.00. The van der Waals surface area contributed by atoms with E-state index in [1.54, 1.807) is 42.5 Å². The van der Waals surface area contributed by atoms with Crippen LogP contribution in [-0.4, -0.2) is 43.3 Å². The number of methoxy groups -OCH3 is 1. The number of carbonyl (C=O) groups is 2. The van der Waals surface area contributed by atoms with Gasteiger partial charge in [-0.2, -0.15) is 5.10 Å². The van der Waals surface area contributed by atoms with Crippen molar-refractivity contribution in [3.8, 4) is 23.0 Å². The number of nitrogens with one attached hydrogen (secondary N) is 1. The summed E-state index contributed by atoms with van der Waals surface area (Å²) in [5.74, 6) is -0.0447. The Balaban J connectivity index is 1.56. The number of hydrogen-bond acceptors (Lipinski definition) is 9. The highest BCUT2D eigenvalue weighted by Crippen LogP contribution is 2.29. The van der Waals surface area contributed by atoms with Crippen molar-refractivity contribution in [2.24, 2.45) is 5.10 Å². The Morgan fingerprint density at radius 3 is 2.46 bits per heavy atom. The van der Waals surface area contributed by atoms with Gasteiger partial charge >= 0.3 is 11.7 Å².